The van der Waals surface area contributed by atoms with Crippen LogP contribution in [0.2, 0.25) is 0 Å². The lowest BCUT2D eigenvalue weighted by molar-refractivity contribution is 0.0696. The van der Waals surface area contributed by atoms with Crippen molar-refractivity contribution in [3.63, 3.8) is 0 Å². The highest BCUT2D eigenvalue weighted by Crippen LogP contribution is 2.18. The molecule has 0 heterocycles. The SMILES string of the molecule is CCC(=O)c1cc(C(=O)O)cc(C(=O)N(C)CC(C)(C)C)c1. The second kappa shape index (κ2) is 6.73. The van der Waals surface area contributed by atoms with Gasteiger partial charge in [0.15, 0.2) is 5.78 Å². The third-order valence-corrected chi connectivity index (χ3v) is 3.13. The van der Waals surface area contributed by atoms with Crippen molar-refractivity contribution in [2.24, 2.45) is 5.41 Å². The molecule has 0 aliphatic carbocycles. The Hall–Kier alpha value is -2.17. The molecule has 0 bridgehead atoms. The Balaban J connectivity index is 3.22. The number of amides is 1. The molecule has 0 aliphatic rings. The number of carbonyl (C=O) groups excluding carboxylic acids is 2. The van der Waals surface area contributed by atoms with Gasteiger partial charge in [0.05, 0.1) is 5.56 Å². The molecule has 0 aliphatic heterocycles. The molecule has 5 nitrogen and oxygen atoms in total. The van der Waals surface area contributed by atoms with Crippen molar-refractivity contribution in [2.45, 2.75) is 34.1 Å². The lowest BCUT2D eigenvalue weighted by atomic mass is 9.95. The van der Waals surface area contributed by atoms with Gasteiger partial charge in [0.1, 0.15) is 0 Å². The number of nitrogens with zero attached hydrogens (tertiary/aromatic N) is 1. The second-order valence-corrected chi connectivity index (χ2v) is 6.60. The average Bonchev–Trinajstić information content (AvgIpc) is 2.43. The number of carboxylic acids is 1. The first kappa shape index (κ1) is 17.9. The first-order valence-corrected chi connectivity index (χ1v) is 7.22. The van der Waals surface area contributed by atoms with Crippen LogP contribution in [0.15, 0.2) is 18.2 Å². The maximum Gasteiger partial charge on any atom is 0.335 e. The summed E-state index contributed by atoms with van der Waals surface area (Å²) in [6, 6.07) is 4.10. The molecular formula is C17H23NO4. The summed E-state index contributed by atoms with van der Waals surface area (Å²) in [6.07, 6.45) is 0.258. The fraction of sp³-hybridized carbons (Fsp3) is 0.471. The van der Waals surface area contributed by atoms with E-state index < -0.39 is 5.97 Å². The molecule has 0 fully saturated rings. The van der Waals surface area contributed by atoms with Crippen LogP contribution >= 0.6 is 0 Å². The van der Waals surface area contributed by atoms with Gasteiger partial charge in [-0.3, -0.25) is 9.59 Å². The van der Waals surface area contributed by atoms with E-state index in [1.807, 2.05) is 20.8 Å². The van der Waals surface area contributed by atoms with Crippen LogP contribution < -0.4 is 0 Å². The summed E-state index contributed by atoms with van der Waals surface area (Å²) in [4.78, 5) is 37.1. The third kappa shape index (κ3) is 4.69. The molecular weight excluding hydrogens is 282 g/mol. The number of carbonyl (C=O) groups is 3. The van der Waals surface area contributed by atoms with Gasteiger partial charge >= 0.3 is 5.97 Å². The Morgan fingerprint density at radius 2 is 1.55 bits per heavy atom. The Labute approximate surface area is 130 Å². The number of rotatable bonds is 5. The fourth-order valence-corrected chi connectivity index (χ4v) is 2.24. The quantitative estimate of drug-likeness (QED) is 0.848. The fourth-order valence-electron chi connectivity index (χ4n) is 2.24. The van der Waals surface area contributed by atoms with E-state index in [-0.39, 0.29) is 40.2 Å². The van der Waals surface area contributed by atoms with Gasteiger partial charge in [-0.1, -0.05) is 27.7 Å². The van der Waals surface area contributed by atoms with Crippen molar-refractivity contribution in [3.05, 3.63) is 34.9 Å². The normalized spacial score (nSPS) is 11.1. The van der Waals surface area contributed by atoms with E-state index in [0.717, 1.165) is 0 Å². The van der Waals surface area contributed by atoms with Crippen LogP contribution in [0, 0.1) is 5.41 Å². The zero-order valence-electron chi connectivity index (χ0n) is 13.8. The molecule has 1 amide bonds. The topological polar surface area (TPSA) is 74.7 Å². The van der Waals surface area contributed by atoms with E-state index in [1.54, 1.807) is 18.9 Å². The van der Waals surface area contributed by atoms with Crippen LogP contribution in [-0.4, -0.2) is 41.3 Å². The van der Waals surface area contributed by atoms with E-state index in [0.29, 0.717) is 6.54 Å². The molecule has 0 unspecified atom stereocenters. The van der Waals surface area contributed by atoms with Crippen molar-refractivity contribution >= 4 is 17.7 Å². The largest absolute Gasteiger partial charge is 0.478 e. The molecule has 22 heavy (non-hydrogen) atoms. The molecule has 0 saturated heterocycles. The van der Waals surface area contributed by atoms with Gasteiger partial charge in [-0.15, -0.1) is 0 Å². The van der Waals surface area contributed by atoms with Crippen molar-refractivity contribution < 1.29 is 19.5 Å². The van der Waals surface area contributed by atoms with Crippen LogP contribution in [0.25, 0.3) is 0 Å². The van der Waals surface area contributed by atoms with Gasteiger partial charge in [0, 0.05) is 31.1 Å². The monoisotopic (exact) mass is 305 g/mol. The molecule has 0 saturated carbocycles. The van der Waals surface area contributed by atoms with E-state index >= 15 is 0 Å². The van der Waals surface area contributed by atoms with Gasteiger partial charge in [0.2, 0.25) is 0 Å². The number of benzene rings is 1. The van der Waals surface area contributed by atoms with Crippen molar-refractivity contribution in [1.29, 1.82) is 0 Å². The lowest BCUT2D eigenvalue weighted by Crippen LogP contribution is -2.34. The molecule has 0 radical (unpaired) electrons. The molecule has 1 aromatic carbocycles. The highest BCUT2D eigenvalue weighted by atomic mass is 16.4. The molecule has 0 atom stereocenters. The van der Waals surface area contributed by atoms with Crippen LogP contribution in [0.3, 0.4) is 0 Å². The molecule has 5 heteroatoms. The van der Waals surface area contributed by atoms with Crippen molar-refractivity contribution in [3.8, 4) is 0 Å². The van der Waals surface area contributed by atoms with Crippen LogP contribution in [-0.2, 0) is 0 Å². The number of hydrogen-bond donors (Lipinski definition) is 1. The lowest BCUT2D eigenvalue weighted by Gasteiger charge is -2.26. The molecule has 1 aromatic rings. The van der Waals surface area contributed by atoms with Gasteiger partial charge in [0.25, 0.3) is 5.91 Å². The van der Waals surface area contributed by atoms with Gasteiger partial charge < -0.3 is 10.0 Å². The molecule has 1 rings (SSSR count). The molecule has 0 aromatic heterocycles. The molecule has 0 spiro atoms. The summed E-state index contributed by atoms with van der Waals surface area (Å²) in [5.74, 6) is -1.63. The van der Waals surface area contributed by atoms with Gasteiger partial charge in [-0.25, -0.2) is 4.79 Å². The van der Waals surface area contributed by atoms with Crippen LogP contribution in [0.5, 0.6) is 0 Å². The number of ketones is 1. The van der Waals surface area contributed by atoms with Crippen LogP contribution in [0.1, 0.15) is 65.2 Å². The minimum Gasteiger partial charge on any atom is -0.478 e. The summed E-state index contributed by atoms with van der Waals surface area (Å²) < 4.78 is 0. The zero-order chi connectivity index (χ0) is 17.1. The summed E-state index contributed by atoms with van der Waals surface area (Å²) in [7, 11) is 1.67. The third-order valence-electron chi connectivity index (χ3n) is 3.13. The minimum atomic E-state index is -1.15. The van der Waals surface area contributed by atoms with Gasteiger partial charge in [-0.05, 0) is 23.6 Å². The average molecular weight is 305 g/mol. The van der Waals surface area contributed by atoms with E-state index in [1.165, 1.54) is 18.2 Å². The van der Waals surface area contributed by atoms with Crippen molar-refractivity contribution in [1.82, 2.24) is 4.90 Å². The van der Waals surface area contributed by atoms with E-state index in [4.69, 9.17) is 5.11 Å². The Kier molecular flexibility index (Phi) is 5.47. The van der Waals surface area contributed by atoms with E-state index in [2.05, 4.69) is 0 Å². The first-order valence-electron chi connectivity index (χ1n) is 7.22. The maximum atomic E-state index is 12.5. The Morgan fingerprint density at radius 3 is 2.00 bits per heavy atom. The second-order valence-electron chi connectivity index (χ2n) is 6.60. The van der Waals surface area contributed by atoms with Crippen molar-refractivity contribution in [2.75, 3.05) is 13.6 Å². The maximum absolute atomic E-state index is 12.5. The Bertz CT molecular complexity index is 599. The Morgan fingerprint density at radius 1 is 1.05 bits per heavy atom. The molecule has 120 valence electrons. The summed E-state index contributed by atoms with van der Waals surface area (Å²) in [5.41, 5.74) is 0.363. The number of Topliss-reactive ketones (excluding diaryl/α,β-unsaturated/α-hetero) is 1. The number of hydrogen-bond acceptors (Lipinski definition) is 3. The van der Waals surface area contributed by atoms with E-state index in [9.17, 15) is 14.4 Å². The zero-order valence-corrected chi connectivity index (χ0v) is 13.8. The minimum absolute atomic E-state index is 0.0493. The predicted octanol–water partition coefficient (Wildman–Crippen LogP) is 3.10. The predicted molar refractivity (Wildman–Crippen MR) is 84.4 cm³/mol. The number of carboxylic acid groups (broad SMARTS) is 1. The highest BCUT2D eigenvalue weighted by molar-refractivity contribution is 6.03. The standard InChI is InChI=1S/C17H23NO4/c1-6-14(19)11-7-12(9-13(8-11)16(21)22)15(20)18(5)10-17(2,3)4/h7-9H,6,10H2,1-5H3,(H,21,22). The van der Waals surface area contributed by atoms with Crippen LogP contribution in [0.4, 0.5) is 0 Å². The summed E-state index contributed by atoms with van der Waals surface area (Å²) >= 11 is 0. The summed E-state index contributed by atoms with van der Waals surface area (Å²) in [6.45, 7) is 8.26. The van der Waals surface area contributed by atoms with Gasteiger partial charge in [-0.2, -0.15) is 0 Å². The summed E-state index contributed by atoms with van der Waals surface area (Å²) in [5, 5.41) is 9.16. The smallest absolute Gasteiger partial charge is 0.335 e. The first-order chi connectivity index (χ1) is 10.0. The number of aromatic carboxylic acids is 1. The molecule has 1 N–H and O–H groups in total. The highest BCUT2D eigenvalue weighted by Gasteiger charge is 2.21.